The normalized spacial score (nSPS) is 21.1. The molecule has 6 rings (SSSR count). The molecule has 2 atom stereocenters. The number of imidazole rings is 1. The van der Waals surface area contributed by atoms with E-state index in [0.29, 0.717) is 35.6 Å². The number of pyridine rings is 1. The van der Waals surface area contributed by atoms with E-state index in [2.05, 4.69) is 20.1 Å². The molecule has 4 aromatic heterocycles. The molecular formula is C26H28N8O3. The van der Waals surface area contributed by atoms with Crippen LogP contribution in [-0.2, 0) is 4.79 Å². The van der Waals surface area contributed by atoms with E-state index in [1.807, 2.05) is 24.0 Å². The SMILES string of the molecule is CC(=O)c1c(C2CC3CCC(C2)N3C(=O)CO)nc2c(-c3ccc(-c4ncc(C)[nH]4)nc3)cnn2c1N. The number of amides is 1. The van der Waals surface area contributed by atoms with Crippen LogP contribution in [0.15, 0.2) is 30.7 Å². The van der Waals surface area contributed by atoms with Crippen molar-refractivity contribution < 1.29 is 14.7 Å². The molecule has 0 saturated carbocycles. The molecule has 0 radical (unpaired) electrons. The maximum atomic E-state index is 12.7. The predicted molar refractivity (Wildman–Crippen MR) is 136 cm³/mol. The minimum Gasteiger partial charge on any atom is -0.387 e. The van der Waals surface area contributed by atoms with E-state index < -0.39 is 6.61 Å². The van der Waals surface area contributed by atoms with Gasteiger partial charge in [0.2, 0.25) is 5.91 Å². The Bertz CT molecular complexity index is 1510. The Morgan fingerprint density at radius 1 is 1.14 bits per heavy atom. The number of nitrogens with two attached hydrogens (primary N) is 1. The van der Waals surface area contributed by atoms with Crippen molar-refractivity contribution in [1.82, 2.24) is 34.4 Å². The average molecular weight is 501 g/mol. The van der Waals surface area contributed by atoms with E-state index in [1.54, 1.807) is 18.6 Å². The van der Waals surface area contributed by atoms with E-state index in [4.69, 9.17) is 10.7 Å². The van der Waals surface area contributed by atoms with Crippen molar-refractivity contribution in [2.75, 3.05) is 12.3 Å². The lowest BCUT2D eigenvalue weighted by Gasteiger charge is -2.39. The van der Waals surface area contributed by atoms with Gasteiger partial charge in [-0.15, -0.1) is 0 Å². The highest BCUT2D eigenvalue weighted by atomic mass is 16.3. The molecule has 37 heavy (non-hydrogen) atoms. The number of rotatable bonds is 5. The summed E-state index contributed by atoms with van der Waals surface area (Å²) < 4.78 is 1.51. The monoisotopic (exact) mass is 500 g/mol. The zero-order valence-electron chi connectivity index (χ0n) is 20.7. The summed E-state index contributed by atoms with van der Waals surface area (Å²) >= 11 is 0. The lowest BCUT2D eigenvalue weighted by molar-refractivity contribution is -0.138. The standard InChI is InChI=1S/C26H28N8O3/c1-13-9-29-25(31-13)20-6-3-15(10-28-20)19-11-30-34-24(27)22(14(2)36)23(32-26(19)34)16-7-17-4-5-18(8-16)33(17)21(37)12-35/h3,6,9-11,16-18,35H,4-5,7-8,12,27H2,1-2H3,(H,29,31). The molecule has 2 saturated heterocycles. The van der Waals surface area contributed by atoms with Gasteiger partial charge in [0.25, 0.3) is 0 Å². The van der Waals surface area contributed by atoms with Crippen LogP contribution in [0.5, 0.6) is 0 Å². The van der Waals surface area contributed by atoms with E-state index in [-0.39, 0.29) is 35.5 Å². The van der Waals surface area contributed by atoms with Crippen LogP contribution in [0.4, 0.5) is 5.82 Å². The van der Waals surface area contributed by atoms with Gasteiger partial charge in [-0.25, -0.2) is 9.97 Å². The van der Waals surface area contributed by atoms with Gasteiger partial charge in [0, 0.05) is 47.2 Å². The van der Waals surface area contributed by atoms with E-state index in [9.17, 15) is 14.7 Å². The quantitative estimate of drug-likeness (QED) is 0.353. The summed E-state index contributed by atoms with van der Waals surface area (Å²) in [4.78, 5) is 44.0. The fourth-order valence-electron chi connectivity index (χ4n) is 6.02. The van der Waals surface area contributed by atoms with Gasteiger partial charge < -0.3 is 20.7 Å². The third kappa shape index (κ3) is 3.77. The highest BCUT2D eigenvalue weighted by Crippen LogP contribution is 2.44. The second-order valence-corrected chi connectivity index (χ2v) is 9.97. The number of aryl methyl sites for hydroxylation is 1. The minimum absolute atomic E-state index is 0.0221. The maximum absolute atomic E-state index is 12.7. The molecule has 1 amide bonds. The first-order valence-corrected chi connectivity index (χ1v) is 12.4. The number of carbonyl (C=O) groups excluding carboxylic acids is 2. The van der Waals surface area contributed by atoms with Crippen LogP contribution in [0.1, 0.15) is 60.3 Å². The first-order valence-electron chi connectivity index (χ1n) is 12.4. The molecular weight excluding hydrogens is 472 g/mol. The van der Waals surface area contributed by atoms with Gasteiger partial charge >= 0.3 is 0 Å². The predicted octanol–water partition coefficient (Wildman–Crippen LogP) is 2.50. The van der Waals surface area contributed by atoms with Gasteiger partial charge in [0.15, 0.2) is 17.3 Å². The minimum atomic E-state index is -0.487. The zero-order valence-corrected chi connectivity index (χ0v) is 20.7. The number of hydrogen-bond donors (Lipinski definition) is 3. The summed E-state index contributed by atoms with van der Waals surface area (Å²) in [5.74, 6) is 0.520. The topological polar surface area (TPSA) is 155 Å². The lowest BCUT2D eigenvalue weighted by Crippen LogP contribution is -2.47. The Balaban J connectivity index is 1.41. The molecule has 4 N–H and O–H groups in total. The number of aromatic amines is 1. The Kier molecular flexibility index (Phi) is 5.52. The number of aromatic nitrogens is 6. The lowest BCUT2D eigenvalue weighted by atomic mass is 9.85. The van der Waals surface area contributed by atoms with Crippen molar-refractivity contribution in [2.24, 2.45) is 0 Å². The molecule has 6 heterocycles. The fraction of sp³-hybridized carbons (Fsp3) is 0.385. The van der Waals surface area contributed by atoms with Gasteiger partial charge in [0.1, 0.15) is 18.1 Å². The molecule has 2 unspecified atom stereocenters. The summed E-state index contributed by atoms with van der Waals surface area (Å²) in [6.45, 7) is 2.94. The van der Waals surface area contributed by atoms with Crippen LogP contribution in [0, 0.1) is 6.92 Å². The number of anilines is 1. The summed E-state index contributed by atoms with van der Waals surface area (Å²) in [6.07, 6.45) is 8.30. The van der Waals surface area contributed by atoms with Crippen LogP contribution < -0.4 is 5.73 Å². The number of H-pyrrole nitrogens is 1. The summed E-state index contributed by atoms with van der Waals surface area (Å²) in [6, 6.07) is 3.87. The molecule has 2 aliphatic heterocycles. The summed E-state index contributed by atoms with van der Waals surface area (Å²) in [5, 5.41) is 13.9. The molecule has 190 valence electrons. The fourth-order valence-corrected chi connectivity index (χ4v) is 6.02. The van der Waals surface area contributed by atoms with Gasteiger partial charge in [0.05, 0.1) is 17.5 Å². The van der Waals surface area contributed by atoms with Gasteiger partial charge in [-0.3, -0.25) is 14.6 Å². The van der Waals surface area contributed by atoms with Gasteiger partial charge in [-0.05, 0) is 45.6 Å². The zero-order chi connectivity index (χ0) is 25.8. The number of nitrogens with one attached hydrogen (secondary N) is 1. The summed E-state index contributed by atoms with van der Waals surface area (Å²) in [5.41, 5.74) is 11.4. The molecule has 11 nitrogen and oxygen atoms in total. The molecule has 11 heteroatoms. The van der Waals surface area contributed by atoms with Crippen molar-refractivity contribution in [2.45, 2.75) is 57.5 Å². The highest BCUT2D eigenvalue weighted by Gasteiger charge is 2.44. The second-order valence-electron chi connectivity index (χ2n) is 9.97. The molecule has 0 aromatic carbocycles. The number of Topliss-reactive ketones (excluding diaryl/α,β-unsaturated/α-hetero) is 1. The van der Waals surface area contributed by atoms with E-state index in [0.717, 1.165) is 35.4 Å². The molecule has 2 bridgehead atoms. The smallest absolute Gasteiger partial charge is 0.248 e. The maximum Gasteiger partial charge on any atom is 0.248 e. The first kappa shape index (κ1) is 23.3. The Hall–Kier alpha value is -4.12. The molecule has 0 aliphatic carbocycles. The Morgan fingerprint density at radius 2 is 1.89 bits per heavy atom. The molecule has 2 fully saturated rings. The number of ketones is 1. The summed E-state index contributed by atoms with van der Waals surface area (Å²) in [7, 11) is 0. The van der Waals surface area contributed by atoms with E-state index in [1.165, 1.54) is 11.4 Å². The van der Waals surface area contributed by atoms with Crippen LogP contribution in [0.25, 0.3) is 28.3 Å². The van der Waals surface area contributed by atoms with Crippen molar-refractivity contribution >= 4 is 23.2 Å². The third-order valence-electron chi connectivity index (χ3n) is 7.63. The number of piperidine rings is 1. The molecule has 4 aromatic rings. The van der Waals surface area contributed by atoms with Crippen LogP contribution in [0.2, 0.25) is 0 Å². The Labute approximate surface area is 212 Å². The number of aliphatic hydroxyl groups excluding tert-OH is 1. The number of carbonyl (C=O) groups is 2. The number of hydrogen-bond acceptors (Lipinski definition) is 8. The van der Waals surface area contributed by atoms with Crippen LogP contribution >= 0.6 is 0 Å². The molecule has 2 aliphatic rings. The number of nitrogens with zero attached hydrogens (tertiary/aromatic N) is 6. The van der Waals surface area contributed by atoms with Crippen molar-refractivity contribution in [3.05, 3.63) is 47.7 Å². The average Bonchev–Trinajstić information content (AvgIpc) is 3.59. The van der Waals surface area contributed by atoms with E-state index >= 15 is 0 Å². The van der Waals surface area contributed by atoms with Crippen molar-refractivity contribution in [3.8, 4) is 22.6 Å². The third-order valence-corrected chi connectivity index (χ3v) is 7.63. The van der Waals surface area contributed by atoms with Crippen molar-refractivity contribution in [3.63, 3.8) is 0 Å². The first-order chi connectivity index (χ1) is 17.9. The largest absolute Gasteiger partial charge is 0.387 e. The van der Waals surface area contributed by atoms with Crippen LogP contribution in [0.3, 0.4) is 0 Å². The van der Waals surface area contributed by atoms with Crippen molar-refractivity contribution in [1.29, 1.82) is 0 Å². The van der Waals surface area contributed by atoms with Crippen LogP contribution in [-0.4, -0.2) is 69.9 Å². The number of fused-ring (bicyclic) bond motifs is 3. The second kappa shape index (κ2) is 8.77. The number of nitrogen functional groups attached to an aromatic ring is 1. The highest BCUT2D eigenvalue weighted by molar-refractivity contribution is 6.00. The Morgan fingerprint density at radius 3 is 2.49 bits per heavy atom. The molecule has 0 spiro atoms. The van der Waals surface area contributed by atoms with Gasteiger partial charge in [-0.2, -0.15) is 9.61 Å². The van der Waals surface area contributed by atoms with Gasteiger partial charge in [-0.1, -0.05) is 6.07 Å². The number of aliphatic hydroxyl groups is 1.